The van der Waals surface area contributed by atoms with Gasteiger partial charge in [-0.25, -0.2) is 4.79 Å². The third-order valence-corrected chi connectivity index (χ3v) is 6.49. The number of hydrogen-bond donors (Lipinski definition) is 3. The Labute approximate surface area is 213 Å². The van der Waals surface area contributed by atoms with E-state index in [-0.39, 0.29) is 13.0 Å². The number of carbonyl (C=O) groups excluding carboxylic acids is 4. The van der Waals surface area contributed by atoms with E-state index >= 15 is 0 Å². The average Bonchev–Trinajstić information content (AvgIpc) is 3.56. The van der Waals surface area contributed by atoms with Crippen LogP contribution in [0, 0.1) is 0 Å². The second-order valence-electron chi connectivity index (χ2n) is 8.66. The van der Waals surface area contributed by atoms with Crippen molar-refractivity contribution in [2.45, 2.75) is 37.4 Å². The summed E-state index contributed by atoms with van der Waals surface area (Å²) in [4.78, 5) is 59.5. The summed E-state index contributed by atoms with van der Waals surface area (Å²) >= 11 is 0. The van der Waals surface area contributed by atoms with Crippen molar-refractivity contribution in [3.8, 4) is 0 Å². The number of fused-ring (bicyclic) bond motifs is 1. The molecular formula is C26H29N5O6. The number of ether oxygens (including phenoxy) is 2. The Morgan fingerprint density at radius 1 is 1.03 bits per heavy atom. The van der Waals surface area contributed by atoms with E-state index in [9.17, 15) is 19.2 Å². The lowest BCUT2D eigenvalue weighted by molar-refractivity contribution is -0.145. The summed E-state index contributed by atoms with van der Waals surface area (Å²) in [5, 5.41) is 6.36. The highest BCUT2D eigenvalue weighted by atomic mass is 16.5. The summed E-state index contributed by atoms with van der Waals surface area (Å²) < 4.78 is 9.57. The maximum absolute atomic E-state index is 13.5. The van der Waals surface area contributed by atoms with Crippen molar-refractivity contribution < 1.29 is 28.7 Å². The summed E-state index contributed by atoms with van der Waals surface area (Å²) in [7, 11) is 2.51. The molecule has 11 nitrogen and oxygen atoms in total. The number of rotatable bonds is 9. The van der Waals surface area contributed by atoms with Gasteiger partial charge in [0.25, 0.3) is 0 Å². The van der Waals surface area contributed by atoms with Crippen molar-refractivity contribution in [1.29, 1.82) is 0 Å². The number of amides is 2. The van der Waals surface area contributed by atoms with Crippen molar-refractivity contribution in [2.75, 3.05) is 25.7 Å². The summed E-state index contributed by atoms with van der Waals surface area (Å²) in [6.45, 7) is -0.276. The van der Waals surface area contributed by atoms with Crippen LogP contribution >= 0.6 is 0 Å². The van der Waals surface area contributed by atoms with Gasteiger partial charge in [-0.2, -0.15) is 0 Å². The van der Waals surface area contributed by atoms with E-state index in [0.29, 0.717) is 18.5 Å². The minimum atomic E-state index is -0.928. The largest absolute Gasteiger partial charge is 0.468 e. The van der Waals surface area contributed by atoms with E-state index in [4.69, 9.17) is 4.74 Å². The average molecular weight is 508 g/mol. The second-order valence-corrected chi connectivity index (χ2v) is 8.66. The summed E-state index contributed by atoms with van der Waals surface area (Å²) in [5.74, 6) is -1.95. The Kier molecular flexibility index (Phi) is 8.02. The van der Waals surface area contributed by atoms with E-state index < -0.39 is 41.9 Å². The van der Waals surface area contributed by atoms with Crippen LogP contribution in [0.1, 0.15) is 18.4 Å². The van der Waals surface area contributed by atoms with E-state index in [1.165, 1.54) is 14.2 Å². The Hall–Kier alpha value is -4.41. The van der Waals surface area contributed by atoms with E-state index in [0.717, 1.165) is 16.5 Å². The van der Waals surface area contributed by atoms with Gasteiger partial charge in [0.15, 0.2) is 0 Å². The third-order valence-electron chi connectivity index (χ3n) is 6.49. The molecule has 3 aromatic rings. The Bertz CT molecular complexity index is 1280. The van der Waals surface area contributed by atoms with Crippen molar-refractivity contribution in [3.05, 3.63) is 60.6 Å². The maximum Gasteiger partial charge on any atom is 0.328 e. The molecule has 0 radical (unpaired) electrons. The Morgan fingerprint density at radius 3 is 2.43 bits per heavy atom. The molecule has 3 atom stereocenters. The number of anilines is 1. The summed E-state index contributed by atoms with van der Waals surface area (Å²) in [5.41, 5.74) is 2.41. The van der Waals surface area contributed by atoms with E-state index in [1.54, 1.807) is 29.4 Å². The van der Waals surface area contributed by atoms with Crippen LogP contribution in [0.4, 0.5) is 5.69 Å². The predicted molar refractivity (Wildman–Crippen MR) is 135 cm³/mol. The molecule has 1 aliphatic heterocycles. The van der Waals surface area contributed by atoms with Gasteiger partial charge >= 0.3 is 11.9 Å². The number of esters is 2. The number of aromatic nitrogens is 2. The van der Waals surface area contributed by atoms with Crippen LogP contribution < -0.4 is 15.5 Å². The second kappa shape index (κ2) is 11.5. The number of para-hydroxylation sites is 1. The zero-order valence-corrected chi connectivity index (χ0v) is 20.6. The lowest BCUT2D eigenvalue weighted by atomic mass is 10.0. The van der Waals surface area contributed by atoms with Gasteiger partial charge in [0.1, 0.15) is 24.7 Å². The van der Waals surface area contributed by atoms with Crippen LogP contribution in [0.15, 0.2) is 55.0 Å². The van der Waals surface area contributed by atoms with Gasteiger partial charge in [-0.3, -0.25) is 19.4 Å². The maximum atomic E-state index is 13.5. The van der Waals surface area contributed by atoms with Crippen molar-refractivity contribution in [2.24, 2.45) is 0 Å². The van der Waals surface area contributed by atoms with E-state index in [2.05, 4.69) is 25.3 Å². The van der Waals surface area contributed by atoms with Crippen LogP contribution in [0.25, 0.3) is 10.9 Å². The zero-order valence-electron chi connectivity index (χ0n) is 20.6. The Morgan fingerprint density at radius 2 is 1.73 bits per heavy atom. The molecule has 4 rings (SSSR count). The third kappa shape index (κ3) is 5.71. The molecule has 0 saturated carbocycles. The number of methoxy groups -OCH3 is 2. The number of hydrogen-bond acceptors (Lipinski definition) is 8. The molecule has 1 aromatic carbocycles. The minimum Gasteiger partial charge on any atom is -0.468 e. The summed E-state index contributed by atoms with van der Waals surface area (Å²) in [6, 6.07) is 8.74. The molecule has 1 saturated heterocycles. The highest BCUT2D eigenvalue weighted by Crippen LogP contribution is 2.31. The lowest BCUT2D eigenvalue weighted by Gasteiger charge is -2.31. The first-order valence-corrected chi connectivity index (χ1v) is 11.9. The van der Waals surface area contributed by atoms with Crippen LogP contribution in [-0.4, -0.2) is 72.6 Å². The van der Waals surface area contributed by atoms with Gasteiger partial charge in [0.05, 0.1) is 14.2 Å². The van der Waals surface area contributed by atoms with Gasteiger partial charge < -0.3 is 30.0 Å². The lowest BCUT2D eigenvalue weighted by Crippen LogP contribution is -2.54. The molecule has 0 aliphatic carbocycles. The predicted octanol–water partition coefficient (Wildman–Crippen LogP) is 1.09. The minimum absolute atomic E-state index is 0.230. The molecule has 0 unspecified atom stereocenters. The molecule has 194 valence electrons. The van der Waals surface area contributed by atoms with Crippen LogP contribution in [0.5, 0.6) is 0 Å². The molecular weight excluding hydrogens is 478 g/mol. The van der Waals surface area contributed by atoms with Crippen molar-refractivity contribution in [3.63, 3.8) is 0 Å². The fourth-order valence-electron chi connectivity index (χ4n) is 4.68. The number of nitrogens with one attached hydrogen (secondary N) is 3. The number of carbonyl (C=O) groups is 4. The molecule has 37 heavy (non-hydrogen) atoms. The van der Waals surface area contributed by atoms with Gasteiger partial charge in [-0.05, 0) is 36.6 Å². The molecule has 0 spiro atoms. The highest BCUT2D eigenvalue weighted by molar-refractivity contribution is 5.95. The normalized spacial score (nSPS) is 17.7. The monoisotopic (exact) mass is 507 g/mol. The first-order chi connectivity index (χ1) is 17.9. The molecule has 11 heteroatoms. The molecule has 1 aliphatic rings. The van der Waals surface area contributed by atoms with Crippen molar-refractivity contribution >= 4 is 40.3 Å². The fourth-order valence-corrected chi connectivity index (χ4v) is 4.68. The zero-order chi connectivity index (χ0) is 26.4. The topological polar surface area (TPSA) is 143 Å². The summed E-state index contributed by atoms with van der Waals surface area (Å²) in [6.07, 6.45) is 5.92. The molecule has 3 heterocycles. The number of H-pyrrole nitrogens is 1. The molecule has 2 aromatic heterocycles. The van der Waals surface area contributed by atoms with Crippen LogP contribution in [-0.2, 0) is 35.1 Å². The number of benzene rings is 1. The van der Waals surface area contributed by atoms with Gasteiger partial charge in [0.2, 0.25) is 11.8 Å². The number of nitrogens with zero attached hydrogens (tertiary/aromatic N) is 2. The van der Waals surface area contributed by atoms with Crippen molar-refractivity contribution in [1.82, 2.24) is 20.6 Å². The van der Waals surface area contributed by atoms with Crippen LogP contribution in [0.2, 0.25) is 0 Å². The van der Waals surface area contributed by atoms with Gasteiger partial charge in [-0.1, -0.05) is 18.2 Å². The SMILES string of the molecule is COC(=O)CNC(=O)[C@H]1CC[C@@H](C(=O)N[C@@H](Cc2c[nH]c3ccccc23)C(=O)OC)N1c1ccncc1. The van der Waals surface area contributed by atoms with Gasteiger partial charge in [-0.15, -0.1) is 0 Å². The fraction of sp³-hybridized carbons (Fsp3) is 0.346. The van der Waals surface area contributed by atoms with E-state index in [1.807, 2.05) is 30.5 Å². The number of pyridine rings is 1. The smallest absolute Gasteiger partial charge is 0.328 e. The first-order valence-electron chi connectivity index (χ1n) is 11.9. The molecule has 1 fully saturated rings. The molecule has 0 bridgehead atoms. The molecule has 3 N–H and O–H groups in total. The molecule has 2 amide bonds. The first kappa shape index (κ1) is 25.7. The van der Waals surface area contributed by atoms with Crippen LogP contribution in [0.3, 0.4) is 0 Å². The number of aromatic amines is 1. The highest BCUT2D eigenvalue weighted by Gasteiger charge is 2.42. The Balaban J connectivity index is 1.55. The quantitative estimate of drug-likeness (QED) is 0.365. The standard InChI is InChI=1S/C26H29N5O6/c1-36-23(32)15-29-24(33)21-7-8-22(31(21)17-9-11-27-12-10-17)25(34)30-20(26(35)37-2)13-16-14-28-19-6-4-3-5-18(16)19/h3-6,9-12,14,20-22,28H,7-8,13,15H2,1-2H3,(H,29,33)(H,30,34)/t20-,21+,22-/m0/s1. The van der Waals surface area contributed by atoms with Gasteiger partial charge in [0, 0.05) is 41.6 Å².